The van der Waals surface area contributed by atoms with Crippen LogP contribution < -0.4 is 0 Å². The van der Waals surface area contributed by atoms with Crippen molar-refractivity contribution in [2.75, 3.05) is 0 Å². The van der Waals surface area contributed by atoms with Crippen molar-refractivity contribution in [3.8, 4) is 0 Å². The summed E-state index contributed by atoms with van der Waals surface area (Å²) in [7, 11) is 0. The third-order valence-electron chi connectivity index (χ3n) is 2.10. The van der Waals surface area contributed by atoms with E-state index in [1.165, 1.54) is 19.3 Å². The van der Waals surface area contributed by atoms with Gasteiger partial charge in [-0.15, -0.1) is 0 Å². The first kappa shape index (κ1) is 11.5. The number of allylic oxidation sites excluding steroid dienone is 4. The van der Waals surface area contributed by atoms with E-state index in [1.54, 1.807) is 11.1 Å². The van der Waals surface area contributed by atoms with Crippen LogP contribution in [0.15, 0.2) is 23.3 Å². The molecule has 1 aliphatic carbocycles. The Bertz CT molecular complexity index is 161. The summed E-state index contributed by atoms with van der Waals surface area (Å²) >= 11 is 0. The summed E-state index contributed by atoms with van der Waals surface area (Å²) in [5.41, 5.74) is 3.19. The summed E-state index contributed by atoms with van der Waals surface area (Å²) in [5, 5.41) is 0. The zero-order valence-corrected chi connectivity index (χ0v) is 8.98. The zero-order valence-electron chi connectivity index (χ0n) is 8.98. The number of hydrogen-bond donors (Lipinski definition) is 0. The van der Waals surface area contributed by atoms with Crippen molar-refractivity contribution in [2.24, 2.45) is 0 Å². The van der Waals surface area contributed by atoms with Crippen LogP contribution >= 0.6 is 0 Å². The Morgan fingerprint density at radius 1 is 1.25 bits per heavy atom. The van der Waals surface area contributed by atoms with E-state index < -0.39 is 0 Å². The first-order valence-corrected chi connectivity index (χ1v) is 5.19. The Balaban J connectivity index is 0.000000561. The molecule has 0 aromatic heterocycles. The SMILES string of the molecule is CC.CC/C=C\C1=C(C)CCC1. The van der Waals surface area contributed by atoms with E-state index in [1.807, 2.05) is 13.8 Å². The molecule has 0 N–H and O–H groups in total. The highest BCUT2D eigenvalue weighted by atomic mass is 14.1. The molecule has 0 unspecified atom stereocenters. The van der Waals surface area contributed by atoms with Crippen LogP contribution in [0.4, 0.5) is 0 Å². The van der Waals surface area contributed by atoms with Gasteiger partial charge in [-0.2, -0.15) is 0 Å². The topological polar surface area (TPSA) is 0 Å². The molecular formula is C12H22. The maximum Gasteiger partial charge on any atom is -0.0276 e. The van der Waals surface area contributed by atoms with E-state index >= 15 is 0 Å². The molecule has 0 nitrogen and oxygen atoms in total. The Hall–Kier alpha value is -0.520. The quantitative estimate of drug-likeness (QED) is 0.567. The van der Waals surface area contributed by atoms with Crippen molar-refractivity contribution < 1.29 is 0 Å². The Morgan fingerprint density at radius 2 is 1.92 bits per heavy atom. The molecule has 0 spiro atoms. The van der Waals surface area contributed by atoms with Crippen LogP contribution in [0.25, 0.3) is 0 Å². The van der Waals surface area contributed by atoms with Crippen LogP contribution in [0.3, 0.4) is 0 Å². The van der Waals surface area contributed by atoms with Crippen molar-refractivity contribution in [1.82, 2.24) is 0 Å². The molecule has 0 aromatic carbocycles. The van der Waals surface area contributed by atoms with Crippen LogP contribution in [0.2, 0.25) is 0 Å². The van der Waals surface area contributed by atoms with Gasteiger partial charge in [-0.1, -0.05) is 38.5 Å². The second kappa shape index (κ2) is 7.15. The molecule has 0 heterocycles. The lowest BCUT2D eigenvalue weighted by Crippen LogP contribution is -1.72. The second-order valence-corrected chi connectivity index (χ2v) is 2.97. The standard InChI is InChI=1S/C10H16.C2H6/c1-3-4-7-10-8-5-6-9(10)2;1-2/h4,7H,3,5-6,8H2,1-2H3;1-2H3/b7-4-;. The minimum Gasteiger partial charge on any atom is -0.0845 e. The van der Waals surface area contributed by atoms with Gasteiger partial charge >= 0.3 is 0 Å². The van der Waals surface area contributed by atoms with Gasteiger partial charge in [0, 0.05) is 0 Å². The fourth-order valence-electron chi connectivity index (χ4n) is 1.40. The van der Waals surface area contributed by atoms with E-state index in [0.29, 0.717) is 0 Å². The van der Waals surface area contributed by atoms with E-state index in [-0.39, 0.29) is 0 Å². The zero-order chi connectivity index (χ0) is 9.40. The minimum atomic E-state index is 1.16. The Kier molecular flexibility index (Phi) is 6.84. The number of hydrogen-bond acceptors (Lipinski definition) is 0. The lowest BCUT2D eigenvalue weighted by atomic mass is 10.1. The fourth-order valence-corrected chi connectivity index (χ4v) is 1.40. The second-order valence-electron chi connectivity index (χ2n) is 2.97. The van der Waals surface area contributed by atoms with Crippen molar-refractivity contribution in [3.63, 3.8) is 0 Å². The molecule has 0 atom stereocenters. The van der Waals surface area contributed by atoms with Crippen molar-refractivity contribution in [1.29, 1.82) is 0 Å². The molecule has 0 bridgehead atoms. The molecule has 0 aromatic rings. The summed E-state index contributed by atoms with van der Waals surface area (Å²) in [6.07, 6.45) is 9.71. The van der Waals surface area contributed by atoms with Gasteiger partial charge in [-0.05, 0) is 38.2 Å². The monoisotopic (exact) mass is 166 g/mol. The van der Waals surface area contributed by atoms with Crippen molar-refractivity contribution >= 4 is 0 Å². The van der Waals surface area contributed by atoms with Gasteiger partial charge in [0.2, 0.25) is 0 Å². The molecule has 12 heavy (non-hydrogen) atoms. The summed E-state index contributed by atoms with van der Waals surface area (Å²) in [6.45, 7) is 8.43. The van der Waals surface area contributed by atoms with E-state index in [9.17, 15) is 0 Å². The van der Waals surface area contributed by atoms with Crippen LogP contribution in [0, 0.1) is 0 Å². The van der Waals surface area contributed by atoms with Gasteiger partial charge in [0.25, 0.3) is 0 Å². The molecule has 0 saturated carbocycles. The Labute approximate surface area is 77.4 Å². The van der Waals surface area contributed by atoms with Crippen molar-refractivity contribution in [3.05, 3.63) is 23.3 Å². The van der Waals surface area contributed by atoms with E-state index in [4.69, 9.17) is 0 Å². The van der Waals surface area contributed by atoms with E-state index in [2.05, 4.69) is 26.0 Å². The first-order chi connectivity index (χ1) is 5.84. The molecule has 0 amide bonds. The molecule has 0 aliphatic heterocycles. The maximum absolute atomic E-state index is 2.29. The molecule has 0 fully saturated rings. The molecule has 70 valence electrons. The predicted octanol–water partition coefficient (Wildman–Crippen LogP) is 4.48. The van der Waals surface area contributed by atoms with Gasteiger partial charge in [-0.3, -0.25) is 0 Å². The highest BCUT2D eigenvalue weighted by Crippen LogP contribution is 2.25. The smallest absolute Gasteiger partial charge is 0.0276 e. The Morgan fingerprint density at radius 3 is 2.33 bits per heavy atom. The first-order valence-electron chi connectivity index (χ1n) is 5.19. The molecule has 0 radical (unpaired) electrons. The van der Waals surface area contributed by atoms with Crippen LogP contribution in [-0.2, 0) is 0 Å². The predicted molar refractivity (Wildman–Crippen MR) is 57.3 cm³/mol. The van der Waals surface area contributed by atoms with Gasteiger partial charge in [0.05, 0.1) is 0 Å². The molecule has 0 heteroatoms. The number of rotatable bonds is 2. The van der Waals surface area contributed by atoms with Crippen LogP contribution in [0.5, 0.6) is 0 Å². The highest BCUT2D eigenvalue weighted by molar-refractivity contribution is 5.28. The van der Waals surface area contributed by atoms with Gasteiger partial charge in [0.15, 0.2) is 0 Å². The van der Waals surface area contributed by atoms with Crippen LogP contribution in [0.1, 0.15) is 53.4 Å². The molecular weight excluding hydrogens is 144 g/mol. The highest BCUT2D eigenvalue weighted by Gasteiger charge is 2.06. The third-order valence-corrected chi connectivity index (χ3v) is 2.10. The minimum absolute atomic E-state index is 1.16. The fraction of sp³-hybridized carbons (Fsp3) is 0.667. The lowest BCUT2D eigenvalue weighted by molar-refractivity contribution is 0.898. The summed E-state index contributed by atoms with van der Waals surface area (Å²) in [6, 6.07) is 0. The lowest BCUT2D eigenvalue weighted by Gasteiger charge is -1.92. The van der Waals surface area contributed by atoms with Crippen molar-refractivity contribution in [2.45, 2.75) is 53.4 Å². The van der Waals surface area contributed by atoms with Gasteiger partial charge < -0.3 is 0 Å². The summed E-state index contributed by atoms with van der Waals surface area (Å²) in [5.74, 6) is 0. The average molecular weight is 166 g/mol. The van der Waals surface area contributed by atoms with E-state index in [0.717, 1.165) is 6.42 Å². The normalized spacial score (nSPS) is 16.7. The average Bonchev–Trinajstić information content (AvgIpc) is 2.51. The summed E-state index contributed by atoms with van der Waals surface area (Å²) in [4.78, 5) is 0. The van der Waals surface area contributed by atoms with Gasteiger partial charge in [-0.25, -0.2) is 0 Å². The van der Waals surface area contributed by atoms with Gasteiger partial charge in [0.1, 0.15) is 0 Å². The molecule has 1 rings (SSSR count). The van der Waals surface area contributed by atoms with Crippen LogP contribution in [-0.4, -0.2) is 0 Å². The maximum atomic E-state index is 2.29. The third kappa shape index (κ3) is 3.75. The largest absolute Gasteiger partial charge is 0.0845 e. The summed E-state index contributed by atoms with van der Waals surface area (Å²) < 4.78 is 0. The molecule has 0 saturated heterocycles. The molecule has 1 aliphatic rings.